The maximum absolute atomic E-state index is 10.4. The van der Waals surface area contributed by atoms with Crippen molar-refractivity contribution in [2.24, 2.45) is 0 Å². The monoisotopic (exact) mass is 255 g/mol. The molecule has 0 saturated carbocycles. The minimum absolute atomic E-state index is 0.461. The van der Waals surface area contributed by atoms with Crippen molar-refractivity contribution in [3.63, 3.8) is 0 Å². The van der Waals surface area contributed by atoms with E-state index in [1.807, 2.05) is 31.0 Å². The van der Waals surface area contributed by atoms with Gasteiger partial charge in [0.25, 0.3) is 0 Å². The average molecular weight is 256 g/mol. The Labute approximate surface area is 107 Å². The molecule has 0 heterocycles. The molecule has 1 aromatic carbocycles. The smallest absolute Gasteiger partial charge is 0.137 e. The van der Waals surface area contributed by atoms with Crippen molar-refractivity contribution in [3.8, 4) is 5.75 Å². The molecule has 0 saturated heterocycles. The fourth-order valence-corrected chi connectivity index (χ4v) is 1.92. The second kappa shape index (κ2) is 6.62. The highest BCUT2D eigenvalue weighted by Crippen LogP contribution is 2.28. The lowest BCUT2D eigenvalue weighted by atomic mass is 10.1. The number of methoxy groups -OCH3 is 1. The first-order valence-corrected chi connectivity index (χ1v) is 5.91. The quantitative estimate of drug-likeness (QED) is 0.731. The van der Waals surface area contributed by atoms with Crippen molar-refractivity contribution >= 4 is 17.9 Å². The molecule has 0 aliphatic carbocycles. The summed E-state index contributed by atoms with van der Waals surface area (Å²) in [6, 6.07) is 3.88. The molecule has 0 radical (unpaired) electrons. The van der Waals surface area contributed by atoms with Gasteiger partial charge in [-0.2, -0.15) is 0 Å². The maximum Gasteiger partial charge on any atom is 0.137 e. The molecular formula is C13H18ClNO2. The molecule has 0 N–H and O–H groups in total. The second-order valence-corrected chi connectivity index (χ2v) is 4.50. The number of halogens is 1. The van der Waals surface area contributed by atoms with E-state index in [2.05, 4.69) is 0 Å². The van der Waals surface area contributed by atoms with E-state index in [0.717, 1.165) is 24.8 Å². The SMILES string of the molecule is COc1cc(C)c(CCN(C)CC=O)cc1Cl. The van der Waals surface area contributed by atoms with Gasteiger partial charge in [-0.05, 0) is 43.7 Å². The summed E-state index contributed by atoms with van der Waals surface area (Å²) in [5, 5.41) is 0.631. The lowest BCUT2D eigenvalue weighted by Gasteiger charge is -2.15. The van der Waals surface area contributed by atoms with Crippen LogP contribution in [0.4, 0.5) is 0 Å². The van der Waals surface area contributed by atoms with Gasteiger partial charge in [0.15, 0.2) is 0 Å². The van der Waals surface area contributed by atoms with Gasteiger partial charge in [-0.15, -0.1) is 0 Å². The Morgan fingerprint density at radius 3 is 2.76 bits per heavy atom. The van der Waals surface area contributed by atoms with E-state index in [0.29, 0.717) is 17.3 Å². The number of carbonyl (C=O) groups excluding carboxylic acids is 1. The summed E-state index contributed by atoms with van der Waals surface area (Å²) in [4.78, 5) is 12.3. The van der Waals surface area contributed by atoms with Crippen LogP contribution in [0.15, 0.2) is 12.1 Å². The number of rotatable bonds is 6. The number of carbonyl (C=O) groups is 1. The fraction of sp³-hybridized carbons (Fsp3) is 0.462. The molecule has 0 aromatic heterocycles. The third-order valence-electron chi connectivity index (χ3n) is 2.76. The van der Waals surface area contributed by atoms with Gasteiger partial charge in [0.2, 0.25) is 0 Å². The Balaban J connectivity index is 2.71. The number of hydrogen-bond donors (Lipinski definition) is 0. The van der Waals surface area contributed by atoms with Crippen LogP contribution < -0.4 is 4.74 Å². The van der Waals surface area contributed by atoms with Crippen LogP contribution >= 0.6 is 11.6 Å². The Bertz CT molecular complexity index is 393. The molecule has 1 aromatic rings. The predicted octanol–water partition coefficient (Wildman–Crippen LogP) is 2.33. The van der Waals surface area contributed by atoms with Crippen LogP contribution in [-0.4, -0.2) is 38.4 Å². The standard InChI is InChI=1S/C13H18ClNO2/c1-10-8-13(17-3)12(14)9-11(10)4-5-15(2)6-7-16/h7-9H,4-6H2,1-3H3. The molecule has 0 spiro atoms. The van der Waals surface area contributed by atoms with Crippen LogP contribution in [0.3, 0.4) is 0 Å². The normalized spacial score (nSPS) is 10.6. The van der Waals surface area contributed by atoms with E-state index in [-0.39, 0.29) is 0 Å². The van der Waals surface area contributed by atoms with E-state index in [9.17, 15) is 4.79 Å². The summed E-state index contributed by atoms with van der Waals surface area (Å²) in [5.41, 5.74) is 2.35. The summed E-state index contributed by atoms with van der Waals surface area (Å²) < 4.78 is 5.16. The third-order valence-corrected chi connectivity index (χ3v) is 3.05. The summed E-state index contributed by atoms with van der Waals surface area (Å²) in [5.74, 6) is 0.703. The lowest BCUT2D eigenvalue weighted by molar-refractivity contribution is -0.108. The molecule has 0 unspecified atom stereocenters. The minimum Gasteiger partial charge on any atom is -0.495 e. The van der Waals surface area contributed by atoms with E-state index < -0.39 is 0 Å². The zero-order valence-corrected chi connectivity index (χ0v) is 11.3. The van der Waals surface area contributed by atoms with Gasteiger partial charge < -0.3 is 9.53 Å². The van der Waals surface area contributed by atoms with Crippen LogP contribution in [0, 0.1) is 6.92 Å². The second-order valence-electron chi connectivity index (χ2n) is 4.09. The van der Waals surface area contributed by atoms with Gasteiger partial charge in [-0.25, -0.2) is 0 Å². The van der Waals surface area contributed by atoms with Crippen LogP contribution in [0.25, 0.3) is 0 Å². The van der Waals surface area contributed by atoms with Crippen molar-refractivity contribution in [1.82, 2.24) is 4.90 Å². The van der Waals surface area contributed by atoms with Gasteiger partial charge in [0.05, 0.1) is 18.7 Å². The van der Waals surface area contributed by atoms with Crippen LogP contribution in [0.5, 0.6) is 5.75 Å². The van der Waals surface area contributed by atoms with E-state index >= 15 is 0 Å². The Hall–Kier alpha value is -1.06. The van der Waals surface area contributed by atoms with Gasteiger partial charge >= 0.3 is 0 Å². The summed E-state index contributed by atoms with van der Waals surface area (Å²) in [6.45, 7) is 3.33. The Morgan fingerprint density at radius 1 is 1.47 bits per heavy atom. The molecule has 0 amide bonds. The zero-order chi connectivity index (χ0) is 12.8. The van der Waals surface area contributed by atoms with Gasteiger partial charge in [0.1, 0.15) is 12.0 Å². The number of hydrogen-bond acceptors (Lipinski definition) is 3. The third kappa shape index (κ3) is 4.02. The highest BCUT2D eigenvalue weighted by atomic mass is 35.5. The lowest BCUT2D eigenvalue weighted by Crippen LogP contribution is -2.23. The number of likely N-dealkylation sites (N-methyl/N-ethyl adjacent to an activating group) is 1. The van der Waals surface area contributed by atoms with Crippen molar-refractivity contribution < 1.29 is 9.53 Å². The number of aryl methyl sites for hydroxylation is 1. The first-order valence-electron chi connectivity index (χ1n) is 5.53. The molecule has 3 nitrogen and oxygen atoms in total. The van der Waals surface area contributed by atoms with Crippen LogP contribution in [0.2, 0.25) is 5.02 Å². The topological polar surface area (TPSA) is 29.5 Å². The molecule has 0 atom stereocenters. The Morgan fingerprint density at radius 2 is 2.18 bits per heavy atom. The van der Waals surface area contributed by atoms with Crippen molar-refractivity contribution in [2.45, 2.75) is 13.3 Å². The molecule has 0 aliphatic heterocycles. The molecule has 17 heavy (non-hydrogen) atoms. The average Bonchev–Trinajstić information content (AvgIpc) is 2.30. The fourth-order valence-electron chi connectivity index (χ4n) is 1.65. The highest BCUT2D eigenvalue weighted by Gasteiger charge is 2.07. The number of benzene rings is 1. The summed E-state index contributed by atoms with van der Waals surface area (Å²) >= 11 is 6.08. The molecule has 4 heteroatoms. The first kappa shape index (κ1) is 14.0. The molecule has 0 fully saturated rings. The number of aldehydes is 1. The van der Waals surface area contributed by atoms with Gasteiger partial charge in [-0.3, -0.25) is 4.90 Å². The summed E-state index contributed by atoms with van der Waals surface area (Å²) in [7, 11) is 3.53. The molecule has 0 aliphatic rings. The van der Waals surface area contributed by atoms with Gasteiger partial charge in [-0.1, -0.05) is 11.6 Å². The van der Waals surface area contributed by atoms with Gasteiger partial charge in [0, 0.05) is 6.54 Å². The summed E-state index contributed by atoms with van der Waals surface area (Å²) in [6.07, 6.45) is 1.79. The predicted molar refractivity (Wildman–Crippen MR) is 70.0 cm³/mol. The van der Waals surface area contributed by atoms with E-state index in [4.69, 9.17) is 16.3 Å². The van der Waals surface area contributed by atoms with Crippen molar-refractivity contribution in [3.05, 3.63) is 28.3 Å². The van der Waals surface area contributed by atoms with E-state index in [1.54, 1.807) is 7.11 Å². The Kier molecular flexibility index (Phi) is 5.45. The van der Waals surface area contributed by atoms with Crippen LogP contribution in [0.1, 0.15) is 11.1 Å². The minimum atomic E-state index is 0.461. The highest BCUT2D eigenvalue weighted by molar-refractivity contribution is 6.32. The maximum atomic E-state index is 10.4. The van der Waals surface area contributed by atoms with Crippen molar-refractivity contribution in [2.75, 3.05) is 27.2 Å². The van der Waals surface area contributed by atoms with E-state index in [1.165, 1.54) is 5.56 Å². The molecule has 94 valence electrons. The largest absolute Gasteiger partial charge is 0.495 e. The molecular weight excluding hydrogens is 238 g/mol. The van der Waals surface area contributed by atoms with Crippen LogP contribution in [-0.2, 0) is 11.2 Å². The number of nitrogens with zero attached hydrogens (tertiary/aromatic N) is 1. The first-order chi connectivity index (χ1) is 8.08. The molecule has 1 rings (SSSR count). The zero-order valence-electron chi connectivity index (χ0n) is 10.5. The number of ether oxygens (including phenoxy) is 1. The van der Waals surface area contributed by atoms with Crippen molar-refractivity contribution in [1.29, 1.82) is 0 Å². The molecule has 0 bridgehead atoms.